The van der Waals surface area contributed by atoms with Crippen LogP contribution in [-0.2, 0) is 0 Å². The van der Waals surface area contributed by atoms with Gasteiger partial charge in [-0.05, 0) is 37.4 Å². The van der Waals surface area contributed by atoms with Crippen LogP contribution in [0.25, 0.3) is 0 Å². The quantitative estimate of drug-likeness (QED) is 0.762. The number of hydrogen-bond donors (Lipinski definition) is 2. The van der Waals surface area contributed by atoms with E-state index in [-0.39, 0.29) is 24.8 Å². The van der Waals surface area contributed by atoms with E-state index in [0.29, 0.717) is 0 Å². The molecule has 2 rings (SSSR count). The van der Waals surface area contributed by atoms with Crippen LogP contribution in [0.5, 0.6) is 0 Å². The minimum absolute atomic E-state index is 0. The molecule has 0 aromatic carbocycles. The molecular weight excluding hydrogens is 209 g/mol. The third-order valence-corrected chi connectivity index (χ3v) is 2.33. The summed E-state index contributed by atoms with van der Waals surface area (Å²) in [7, 11) is 0. The fourth-order valence-corrected chi connectivity index (χ4v) is 1.64. The fourth-order valence-electron chi connectivity index (χ4n) is 1.64. The van der Waals surface area contributed by atoms with Gasteiger partial charge in [0, 0.05) is 6.20 Å². The van der Waals surface area contributed by atoms with Gasteiger partial charge < -0.3 is 5.32 Å². The van der Waals surface area contributed by atoms with Crippen molar-refractivity contribution in [3.8, 4) is 0 Å². The average molecular weight is 224 g/mol. The summed E-state index contributed by atoms with van der Waals surface area (Å²) in [5.41, 5.74) is 1.37. The van der Waals surface area contributed by atoms with Crippen LogP contribution in [0.1, 0.15) is 24.3 Å². The highest BCUT2D eigenvalue weighted by Crippen LogP contribution is 2.23. The Morgan fingerprint density at radius 2 is 1.92 bits per heavy atom. The lowest BCUT2D eigenvalue weighted by Gasteiger charge is -2.20. The minimum atomic E-state index is 0. The van der Waals surface area contributed by atoms with Crippen molar-refractivity contribution in [2.45, 2.75) is 18.8 Å². The fraction of sp³-hybridized carbons (Fsp3) is 0.625. The minimum Gasteiger partial charge on any atom is -0.317 e. The molecule has 3 nitrogen and oxygen atoms in total. The zero-order valence-corrected chi connectivity index (χ0v) is 8.96. The average Bonchev–Trinajstić information content (AvgIpc) is 2.58. The number of hydrogen-bond acceptors (Lipinski definition) is 2. The molecule has 0 saturated carbocycles. The van der Waals surface area contributed by atoms with E-state index in [1.807, 2.05) is 12.4 Å². The maximum Gasteiger partial charge on any atom is 0.0522 e. The molecule has 0 bridgehead atoms. The van der Waals surface area contributed by atoms with E-state index in [1.165, 1.54) is 18.4 Å². The second-order valence-corrected chi connectivity index (χ2v) is 3.06. The SMILES string of the molecule is Cl.Cl.c1n[nH]cc1C1CCNCC1. The smallest absolute Gasteiger partial charge is 0.0522 e. The molecule has 1 saturated heterocycles. The maximum atomic E-state index is 3.95. The van der Waals surface area contributed by atoms with Gasteiger partial charge in [0.05, 0.1) is 6.20 Å². The molecule has 1 aromatic heterocycles. The molecule has 5 heteroatoms. The van der Waals surface area contributed by atoms with Gasteiger partial charge in [0.25, 0.3) is 0 Å². The van der Waals surface area contributed by atoms with Gasteiger partial charge in [0.2, 0.25) is 0 Å². The maximum absolute atomic E-state index is 3.95. The molecule has 13 heavy (non-hydrogen) atoms. The number of H-pyrrole nitrogens is 1. The number of nitrogens with one attached hydrogen (secondary N) is 2. The predicted octanol–water partition coefficient (Wildman–Crippen LogP) is 1.72. The predicted molar refractivity (Wildman–Crippen MR) is 57.9 cm³/mol. The van der Waals surface area contributed by atoms with Crippen molar-refractivity contribution in [2.75, 3.05) is 13.1 Å². The molecule has 0 unspecified atom stereocenters. The Labute approximate surface area is 90.5 Å². The third kappa shape index (κ3) is 3.18. The molecule has 76 valence electrons. The monoisotopic (exact) mass is 223 g/mol. The molecule has 1 aliphatic heterocycles. The Morgan fingerprint density at radius 1 is 1.23 bits per heavy atom. The first-order valence-corrected chi connectivity index (χ1v) is 4.16. The topological polar surface area (TPSA) is 40.7 Å². The summed E-state index contributed by atoms with van der Waals surface area (Å²) in [5.74, 6) is 0.731. The molecular formula is C8H15Cl2N3. The second kappa shape index (κ2) is 6.24. The highest BCUT2D eigenvalue weighted by Gasteiger charge is 2.14. The zero-order chi connectivity index (χ0) is 7.52. The van der Waals surface area contributed by atoms with Crippen LogP contribution in [0.2, 0.25) is 0 Å². The Morgan fingerprint density at radius 3 is 2.46 bits per heavy atom. The molecule has 2 N–H and O–H groups in total. The number of aromatic nitrogens is 2. The van der Waals surface area contributed by atoms with E-state index >= 15 is 0 Å². The van der Waals surface area contributed by atoms with Crippen LogP contribution in [0, 0.1) is 0 Å². The van der Waals surface area contributed by atoms with E-state index in [4.69, 9.17) is 0 Å². The lowest BCUT2D eigenvalue weighted by atomic mass is 9.93. The van der Waals surface area contributed by atoms with Crippen molar-refractivity contribution in [1.82, 2.24) is 15.5 Å². The standard InChI is InChI=1S/C8H13N3.2ClH/c1-3-9-4-2-7(1)8-5-10-11-6-8;;/h5-7,9H,1-4H2,(H,10,11);2*1H. The lowest BCUT2D eigenvalue weighted by molar-refractivity contribution is 0.460. The summed E-state index contributed by atoms with van der Waals surface area (Å²) in [6.45, 7) is 2.30. The van der Waals surface area contributed by atoms with E-state index in [9.17, 15) is 0 Å². The van der Waals surface area contributed by atoms with Crippen LogP contribution >= 0.6 is 24.8 Å². The summed E-state index contributed by atoms with van der Waals surface area (Å²) in [4.78, 5) is 0. The van der Waals surface area contributed by atoms with Gasteiger partial charge in [0.1, 0.15) is 0 Å². The first-order chi connectivity index (χ1) is 5.47. The van der Waals surface area contributed by atoms with Crippen molar-refractivity contribution in [2.24, 2.45) is 0 Å². The number of rotatable bonds is 1. The van der Waals surface area contributed by atoms with Crippen LogP contribution in [0.15, 0.2) is 12.4 Å². The van der Waals surface area contributed by atoms with Gasteiger partial charge in [-0.15, -0.1) is 24.8 Å². The van der Waals surface area contributed by atoms with E-state index < -0.39 is 0 Å². The molecule has 2 heterocycles. The Kier molecular flexibility index (Phi) is 6.12. The molecule has 1 aromatic rings. The highest BCUT2D eigenvalue weighted by molar-refractivity contribution is 5.85. The molecule has 0 amide bonds. The van der Waals surface area contributed by atoms with Gasteiger partial charge in [-0.3, -0.25) is 5.10 Å². The molecule has 0 spiro atoms. The Hall–Kier alpha value is -0.250. The first-order valence-electron chi connectivity index (χ1n) is 4.16. The van der Waals surface area contributed by atoms with E-state index in [0.717, 1.165) is 19.0 Å². The zero-order valence-electron chi connectivity index (χ0n) is 7.32. The summed E-state index contributed by atoms with van der Waals surface area (Å²) in [5, 5.41) is 10.2. The van der Waals surface area contributed by atoms with Gasteiger partial charge in [-0.2, -0.15) is 5.10 Å². The van der Waals surface area contributed by atoms with Crippen molar-refractivity contribution in [1.29, 1.82) is 0 Å². The number of piperidine rings is 1. The van der Waals surface area contributed by atoms with Crippen LogP contribution in [-0.4, -0.2) is 23.3 Å². The summed E-state index contributed by atoms with van der Waals surface area (Å²) < 4.78 is 0. The van der Waals surface area contributed by atoms with Crippen molar-refractivity contribution < 1.29 is 0 Å². The van der Waals surface area contributed by atoms with Gasteiger partial charge in [0.15, 0.2) is 0 Å². The molecule has 1 fully saturated rings. The van der Waals surface area contributed by atoms with Crippen LogP contribution in [0.3, 0.4) is 0 Å². The number of halogens is 2. The third-order valence-electron chi connectivity index (χ3n) is 2.33. The van der Waals surface area contributed by atoms with Crippen molar-refractivity contribution in [3.05, 3.63) is 18.0 Å². The van der Waals surface area contributed by atoms with Crippen LogP contribution < -0.4 is 5.32 Å². The molecule has 0 atom stereocenters. The van der Waals surface area contributed by atoms with E-state index in [1.54, 1.807) is 0 Å². The number of nitrogens with zero attached hydrogens (tertiary/aromatic N) is 1. The van der Waals surface area contributed by atoms with E-state index in [2.05, 4.69) is 15.5 Å². The highest BCUT2D eigenvalue weighted by atomic mass is 35.5. The number of aromatic amines is 1. The van der Waals surface area contributed by atoms with Gasteiger partial charge in [-0.1, -0.05) is 0 Å². The summed E-state index contributed by atoms with van der Waals surface area (Å²) in [6, 6.07) is 0. The lowest BCUT2D eigenvalue weighted by Crippen LogP contribution is -2.26. The normalized spacial score (nSPS) is 17.2. The van der Waals surface area contributed by atoms with Crippen LogP contribution in [0.4, 0.5) is 0 Å². The van der Waals surface area contributed by atoms with Gasteiger partial charge in [-0.25, -0.2) is 0 Å². The largest absolute Gasteiger partial charge is 0.317 e. The molecule has 0 aliphatic carbocycles. The molecule has 1 aliphatic rings. The summed E-state index contributed by atoms with van der Waals surface area (Å²) in [6.07, 6.45) is 6.45. The Bertz CT molecular complexity index is 207. The first kappa shape index (κ1) is 12.8. The van der Waals surface area contributed by atoms with Gasteiger partial charge >= 0.3 is 0 Å². The van der Waals surface area contributed by atoms with Crippen molar-refractivity contribution >= 4 is 24.8 Å². The Balaban J connectivity index is 0.000000720. The molecule has 0 radical (unpaired) electrons. The second-order valence-electron chi connectivity index (χ2n) is 3.06. The van der Waals surface area contributed by atoms with Crippen molar-refractivity contribution in [3.63, 3.8) is 0 Å². The summed E-state index contributed by atoms with van der Waals surface area (Å²) >= 11 is 0.